The van der Waals surface area contributed by atoms with E-state index in [2.05, 4.69) is 36.4 Å². The van der Waals surface area contributed by atoms with Gasteiger partial charge < -0.3 is 5.32 Å². The summed E-state index contributed by atoms with van der Waals surface area (Å²) in [7, 11) is 0. The number of hydrogen-bond donors (Lipinski definition) is 1. The lowest BCUT2D eigenvalue weighted by atomic mass is 10.2. The molecule has 0 atom stereocenters. The Labute approximate surface area is 139 Å². The average Bonchev–Trinajstić information content (AvgIpc) is 3.10. The number of hydrogen-bond acceptors (Lipinski definition) is 5. The number of nitrogens with one attached hydrogen (secondary N) is 1. The summed E-state index contributed by atoms with van der Waals surface area (Å²) in [5.74, 6) is 0.166. The first-order chi connectivity index (χ1) is 11.2. The van der Waals surface area contributed by atoms with Gasteiger partial charge in [0, 0.05) is 10.2 Å². The molecule has 0 aliphatic rings. The van der Waals surface area contributed by atoms with Gasteiger partial charge in [0.25, 0.3) is 5.91 Å². The fourth-order valence-electron chi connectivity index (χ4n) is 1.87. The summed E-state index contributed by atoms with van der Waals surface area (Å²) in [6, 6.07) is 12.1. The molecular formula is C15H9BrN6O. The molecule has 1 N–H and O–H groups in total. The van der Waals surface area contributed by atoms with E-state index in [-0.39, 0.29) is 11.6 Å². The van der Waals surface area contributed by atoms with Crippen LogP contribution < -0.4 is 5.32 Å². The van der Waals surface area contributed by atoms with Gasteiger partial charge >= 0.3 is 0 Å². The van der Waals surface area contributed by atoms with E-state index in [4.69, 9.17) is 5.26 Å². The molecular weight excluding hydrogens is 360 g/mol. The monoisotopic (exact) mass is 368 g/mol. The van der Waals surface area contributed by atoms with Crippen molar-refractivity contribution >= 4 is 27.5 Å². The third-order valence-electron chi connectivity index (χ3n) is 3.00. The number of halogens is 1. The van der Waals surface area contributed by atoms with Crippen LogP contribution in [0.4, 0.5) is 5.69 Å². The van der Waals surface area contributed by atoms with Crippen LogP contribution in [0.1, 0.15) is 16.1 Å². The second-order valence-corrected chi connectivity index (χ2v) is 5.37. The zero-order valence-electron chi connectivity index (χ0n) is 11.6. The fraction of sp³-hybridized carbons (Fsp3) is 0. The molecule has 2 aromatic heterocycles. The van der Waals surface area contributed by atoms with Crippen molar-refractivity contribution in [3.05, 3.63) is 64.8 Å². The van der Waals surface area contributed by atoms with Crippen molar-refractivity contribution in [1.29, 1.82) is 5.26 Å². The van der Waals surface area contributed by atoms with E-state index in [0.717, 1.165) is 0 Å². The topological polar surface area (TPSA) is 96.5 Å². The number of aromatic nitrogens is 4. The van der Waals surface area contributed by atoms with Gasteiger partial charge in [-0.05, 0) is 52.3 Å². The number of benzene rings is 1. The molecule has 0 bridgehead atoms. The van der Waals surface area contributed by atoms with Crippen LogP contribution in [0.3, 0.4) is 0 Å². The first-order valence-electron chi connectivity index (χ1n) is 6.50. The molecule has 0 fully saturated rings. The first kappa shape index (κ1) is 14.9. The van der Waals surface area contributed by atoms with Crippen LogP contribution in [0.5, 0.6) is 0 Å². The predicted molar refractivity (Wildman–Crippen MR) is 86.0 cm³/mol. The van der Waals surface area contributed by atoms with Gasteiger partial charge in [-0.2, -0.15) is 5.26 Å². The Kier molecular flexibility index (Phi) is 4.12. The van der Waals surface area contributed by atoms with Crippen LogP contribution in [0.2, 0.25) is 0 Å². The third kappa shape index (κ3) is 3.25. The van der Waals surface area contributed by atoms with Crippen LogP contribution in [-0.2, 0) is 0 Å². The highest BCUT2D eigenvalue weighted by molar-refractivity contribution is 9.10. The van der Waals surface area contributed by atoms with E-state index in [0.29, 0.717) is 21.5 Å². The van der Waals surface area contributed by atoms with Crippen molar-refractivity contribution in [1.82, 2.24) is 19.7 Å². The van der Waals surface area contributed by atoms with E-state index in [9.17, 15) is 4.79 Å². The Morgan fingerprint density at radius 2 is 1.83 bits per heavy atom. The van der Waals surface area contributed by atoms with Gasteiger partial charge in [0.1, 0.15) is 24.2 Å². The Balaban J connectivity index is 1.86. The number of anilines is 1. The van der Waals surface area contributed by atoms with Crippen molar-refractivity contribution in [2.24, 2.45) is 0 Å². The third-order valence-corrected chi connectivity index (χ3v) is 3.64. The Hall–Kier alpha value is -3.05. The molecule has 0 aliphatic heterocycles. The van der Waals surface area contributed by atoms with E-state index in [1.807, 2.05) is 6.07 Å². The van der Waals surface area contributed by atoms with Crippen molar-refractivity contribution in [2.75, 3.05) is 5.32 Å². The Morgan fingerprint density at radius 1 is 1.13 bits per heavy atom. The molecule has 1 amide bonds. The van der Waals surface area contributed by atoms with Crippen molar-refractivity contribution in [2.45, 2.75) is 0 Å². The maximum absolute atomic E-state index is 12.4. The molecule has 1 aromatic carbocycles. The molecule has 0 saturated carbocycles. The highest BCUT2D eigenvalue weighted by Gasteiger charge is 2.14. The number of amides is 1. The molecule has 0 saturated heterocycles. The second kappa shape index (κ2) is 6.37. The number of nitriles is 1. The lowest BCUT2D eigenvalue weighted by Crippen LogP contribution is -2.15. The van der Waals surface area contributed by atoms with E-state index in [1.54, 1.807) is 41.0 Å². The second-order valence-electron chi connectivity index (χ2n) is 4.51. The van der Waals surface area contributed by atoms with Gasteiger partial charge in [0.15, 0.2) is 0 Å². The lowest BCUT2D eigenvalue weighted by Gasteiger charge is -2.08. The average molecular weight is 369 g/mol. The summed E-state index contributed by atoms with van der Waals surface area (Å²) in [5.41, 5.74) is 1.34. The lowest BCUT2D eigenvalue weighted by molar-refractivity contribution is 0.102. The van der Waals surface area contributed by atoms with Crippen LogP contribution in [0.15, 0.2) is 53.5 Å². The zero-order valence-corrected chi connectivity index (χ0v) is 13.2. The summed E-state index contributed by atoms with van der Waals surface area (Å²) in [6.45, 7) is 0. The fourth-order valence-corrected chi connectivity index (χ4v) is 2.27. The molecule has 0 radical (unpaired) electrons. The van der Waals surface area contributed by atoms with Gasteiger partial charge in [0.05, 0.1) is 11.6 Å². The van der Waals surface area contributed by atoms with Gasteiger partial charge in [-0.1, -0.05) is 0 Å². The minimum absolute atomic E-state index is 0.237. The molecule has 3 aromatic rings. The molecule has 23 heavy (non-hydrogen) atoms. The molecule has 0 unspecified atom stereocenters. The largest absolute Gasteiger partial charge is 0.321 e. The molecule has 2 heterocycles. The SMILES string of the molecule is N#Cc1ccc(NC(=O)c2nc(-n3cnnc3)ccc2Br)cc1. The highest BCUT2D eigenvalue weighted by Crippen LogP contribution is 2.19. The summed E-state index contributed by atoms with van der Waals surface area (Å²) >= 11 is 3.32. The van der Waals surface area contributed by atoms with Crippen LogP contribution in [0, 0.1) is 11.3 Å². The first-order valence-corrected chi connectivity index (χ1v) is 7.30. The molecule has 112 valence electrons. The van der Waals surface area contributed by atoms with Crippen LogP contribution in [-0.4, -0.2) is 25.7 Å². The zero-order chi connectivity index (χ0) is 16.2. The molecule has 7 nitrogen and oxygen atoms in total. The molecule has 3 rings (SSSR count). The van der Waals surface area contributed by atoms with E-state index >= 15 is 0 Å². The molecule has 8 heteroatoms. The molecule has 0 aliphatic carbocycles. The van der Waals surface area contributed by atoms with Crippen molar-refractivity contribution in [3.8, 4) is 11.9 Å². The Bertz CT molecular complexity index is 883. The van der Waals surface area contributed by atoms with Gasteiger partial charge in [0.2, 0.25) is 0 Å². The summed E-state index contributed by atoms with van der Waals surface area (Å²) in [5, 5.41) is 18.9. The predicted octanol–water partition coefficient (Wildman–Crippen LogP) is 2.55. The van der Waals surface area contributed by atoms with Crippen LogP contribution >= 0.6 is 15.9 Å². The van der Waals surface area contributed by atoms with Gasteiger partial charge in [-0.3, -0.25) is 9.36 Å². The van der Waals surface area contributed by atoms with Crippen molar-refractivity contribution < 1.29 is 4.79 Å². The van der Waals surface area contributed by atoms with E-state index < -0.39 is 0 Å². The number of carbonyl (C=O) groups excluding carboxylic acids is 1. The highest BCUT2D eigenvalue weighted by atomic mass is 79.9. The number of rotatable bonds is 3. The minimum atomic E-state index is -0.364. The van der Waals surface area contributed by atoms with Crippen LogP contribution in [0.25, 0.3) is 5.82 Å². The summed E-state index contributed by atoms with van der Waals surface area (Å²) < 4.78 is 2.17. The number of nitrogens with zero attached hydrogens (tertiary/aromatic N) is 5. The van der Waals surface area contributed by atoms with Gasteiger partial charge in [-0.15, -0.1) is 10.2 Å². The maximum atomic E-state index is 12.4. The van der Waals surface area contributed by atoms with Crippen molar-refractivity contribution in [3.63, 3.8) is 0 Å². The minimum Gasteiger partial charge on any atom is -0.321 e. The smallest absolute Gasteiger partial charge is 0.275 e. The standard InChI is InChI=1S/C15H9BrN6O/c16-12-5-6-13(22-8-18-19-9-22)21-14(12)15(23)20-11-3-1-10(7-17)2-4-11/h1-6,8-9H,(H,20,23). The Morgan fingerprint density at radius 3 is 2.48 bits per heavy atom. The molecule has 0 spiro atoms. The quantitative estimate of drug-likeness (QED) is 0.765. The normalized spacial score (nSPS) is 10.1. The number of carbonyl (C=O) groups is 1. The summed E-state index contributed by atoms with van der Waals surface area (Å²) in [6.07, 6.45) is 3.00. The summed E-state index contributed by atoms with van der Waals surface area (Å²) in [4.78, 5) is 16.7. The number of pyridine rings is 1. The maximum Gasteiger partial charge on any atom is 0.275 e. The van der Waals surface area contributed by atoms with E-state index in [1.165, 1.54) is 12.7 Å². The van der Waals surface area contributed by atoms with Gasteiger partial charge in [-0.25, -0.2) is 4.98 Å².